The highest BCUT2D eigenvalue weighted by Crippen LogP contribution is 2.31. The third-order valence-corrected chi connectivity index (χ3v) is 5.75. The molecule has 2 amide bonds. The fourth-order valence-corrected chi connectivity index (χ4v) is 3.99. The van der Waals surface area contributed by atoms with E-state index in [-0.39, 0.29) is 5.91 Å². The lowest BCUT2D eigenvalue weighted by atomic mass is 10.0. The maximum Gasteiger partial charge on any atom is 0.408 e. The maximum atomic E-state index is 13.3. The van der Waals surface area contributed by atoms with Crippen molar-refractivity contribution in [3.8, 4) is 11.3 Å². The second-order valence-electron chi connectivity index (χ2n) is 8.43. The zero-order valence-corrected chi connectivity index (χ0v) is 19.8. The molecule has 7 nitrogen and oxygen atoms in total. The van der Waals surface area contributed by atoms with E-state index in [9.17, 15) is 9.59 Å². The minimum absolute atomic E-state index is 0.131. The van der Waals surface area contributed by atoms with Crippen molar-refractivity contribution in [3.05, 3.63) is 40.5 Å². The van der Waals surface area contributed by atoms with Crippen molar-refractivity contribution < 1.29 is 18.8 Å². The number of ether oxygens (including phenoxy) is 1. The number of fused-ring (bicyclic) bond motifs is 1. The van der Waals surface area contributed by atoms with E-state index < -0.39 is 17.7 Å². The van der Waals surface area contributed by atoms with Gasteiger partial charge in [0.2, 0.25) is 5.91 Å². The molecule has 2 aromatic rings. The molecule has 0 bridgehead atoms. The number of nitrogens with zero attached hydrogens (tertiary/aromatic N) is 2. The summed E-state index contributed by atoms with van der Waals surface area (Å²) in [5, 5.41) is 7.59. The van der Waals surface area contributed by atoms with Gasteiger partial charge in [0.05, 0.1) is 12.2 Å². The molecule has 1 aromatic heterocycles. The lowest BCUT2D eigenvalue weighted by Gasteiger charge is -2.31. The highest BCUT2D eigenvalue weighted by atomic mass is 35.5. The first-order valence-electron chi connectivity index (χ1n) is 10.2. The van der Waals surface area contributed by atoms with Gasteiger partial charge in [-0.05, 0) is 63.5 Å². The monoisotopic (exact) mass is 465 g/mol. The van der Waals surface area contributed by atoms with Crippen molar-refractivity contribution in [2.75, 3.05) is 18.6 Å². The Labute approximate surface area is 191 Å². The number of thioether (sulfide) groups is 1. The van der Waals surface area contributed by atoms with Crippen LogP contribution in [0.5, 0.6) is 0 Å². The molecule has 1 N–H and O–H groups in total. The number of alkyl carbamates (subject to hydrolysis) is 1. The number of aromatic nitrogens is 1. The predicted octanol–water partition coefficient (Wildman–Crippen LogP) is 4.53. The maximum absolute atomic E-state index is 13.3. The summed E-state index contributed by atoms with van der Waals surface area (Å²) in [6, 6.07) is 6.68. The van der Waals surface area contributed by atoms with Crippen LogP contribution in [-0.2, 0) is 22.5 Å². The summed E-state index contributed by atoms with van der Waals surface area (Å²) < 4.78 is 10.9. The van der Waals surface area contributed by atoms with Crippen LogP contribution in [0, 0.1) is 0 Å². The second kappa shape index (κ2) is 9.96. The second-order valence-corrected chi connectivity index (χ2v) is 9.86. The zero-order valence-electron chi connectivity index (χ0n) is 18.2. The molecule has 9 heteroatoms. The van der Waals surface area contributed by atoms with Crippen molar-refractivity contribution in [2.45, 2.75) is 51.8 Å². The van der Waals surface area contributed by atoms with Gasteiger partial charge in [-0.15, -0.1) is 0 Å². The first kappa shape index (κ1) is 23.5. The Morgan fingerprint density at radius 3 is 2.68 bits per heavy atom. The molecule has 168 valence electrons. The standard InChI is InChI=1S/C22H28ClN3O4S/c1-22(2,3)29-21(28)24-18(10-12-31-4)20(27)26-11-9-17-16(13-26)19(30-25-17)14-5-7-15(23)8-6-14/h5-8,18H,9-13H2,1-4H3,(H,24,28). The number of carbonyl (C=O) groups is 2. The van der Waals surface area contributed by atoms with Crippen LogP contribution in [-0.4, -0.2) is 52.3 Å². The number of hydrogen-bond donors (Lipinski definition) is 1. The summed E-state index contributed by atoms with van der Waals surface area (Å²) >= 11 is 7.62. The fraction of sp³-hybridized carbons (Fsp3) is 0.500. The highest BCUT2D eigenvalue weighted by molar-refractivity contribution is 7.98. The molecule has 0 radical (unpaired) electrons. The molecule has 0 fully saturated rings. The molecule has 3 rings (SSSR count). The normalized spacial score (nSPS) is 14.7. The number of rotatable bonds is 6. The average Bonchev–Trinajstić information content (AvgIpc) is 3.13. The molecule has 1 unspecified atom stereocenters. The molecule has 1 aliphatic heterocycles. The quantitative estimate of drug-likeness (QED) is 0.674. The van der Waals surface area contributed by atoms with E-state index in [0.29, 0.717) is 36.7 Å². The van der Waals surface area contributed by atoms with Gasteiger partial charge < -0.3 is 19.5 Å². The van der Waals surface area contributed by atoms with Gasteiger partial charge in [-0.25, -0.2) is 4.79 Å². The number of halogens is 1. The van der Waals surface area contributed by atoms with Crippen LogP contribution >= 0.6 is 23.4 Å². The predicted molar refractivity (Wildman–Crippen MR) is 122 cm³/mol. The minimum atomic E-state index is -0.650. The van der Waals surface area contributed by atoms with E-state index in [2.05, 4.69) is 10.5 Å². The SMILES string of the molecule is CSCCC(NC(=O)OC(C)(C)C)C(=O)N1CCc2noc(-c3ccc(Cl)cc3)c2C1. The number of nitrogens with one attached hydrogen (secondary N) is 1. The van der Waals surface area contributed by atoms with Gasteiger partial charge in [0.1, 0.15) is 11.6 Å². The Balaban J connectivity index is 1.76. The summed E-state index contributed by atoms with van der Waals surface area (Å²) in [6.45, 7) is 6.27. The van der Waals surface area contributed by atoms with Crippen molar-refractivity contribution in [1.82, 2.24) is 15.4 Å². The summed E-state index contributed by atoms with van der Waals surface area (Å²) in [6.07, 6.45) is 2.50. The van der Waals surface area contributed by atoms with Crippen molar-refractivity contribution >= 4 is 35.4 Å². The number of amides is 2. The van der Waals surface area contributed by atoms with Gasteiger partial charge in [0.25, 0.3) is 0 Å². The Bertz CT molecular complexity index is 924. The molecule has 31 heavy (non-hydrogen) atoms. The first-order valence-corrected chi connectivity index (χ1v) is 12.0. The van der Waals surface area contributed by atoms with Crippen LogP contribution in [0.1, 0.15) is 38.4 Å². The third kappa shape index (κ3) is 6.17. The van der Waals surface area contributed by atoms with E-state index in [4.69, 9.17) is 20.9 Å². The molecule has 1 atom stereocenters. The number of hydrogen-bond acceptors (Lipinski definition) is 6. The van der Waals surface area contributed by atoms with E-state index in [1.807, 2.05) is 18.4 Å². The molecule has 0 saturated heterocycles. The molecule has 1 aromatic carbocycles. The van der Waals surface area contributed by atoms with E-state index >= 15 is 0 Å². The highest BCUT2D eigenvalue weighted by Gasteiger charge is 2.32. The van der Waals surface area contributed by atoms with E-state index in [1.165, 1.54) is 0 Å². The molecule has 2 heterocycles. The lowest BCUT2D eigenvalue weighted by Crippen LogP contribution is -2.51. The average molecular weight is 466 g/mol. The van der Waals surface area contributed by atoms with Gasteiger partial charge >= 0.3 is 6.09 Å². The lowest BCUT2D eigenvalue weighted by molar-refractivity contribution is -0.134. The summed E-state index contributed by atoms with van der Waals surface area (Å²) in [5.41, 5.74) is 1.98. The molecular formula is C22H28ClN3O4S. The molecular weight excluding hydrogens is 438 g/mol. The fourth-order valence-electron chi connectivity index (χ4n) is 3.39. The van der Waals surface area contributed by atoms with Gasteiger partial charge in [0.15, 0.2) is 5.76 Å². The molecule has 0 aliphatic carbocycles. The topological polar surface area (TPSA) is 84.7 Å². The van der Waals surface area contributed by atoms with Gasteiger partial charge in [-0.3, -0.25) is 4.79 Å². The van der Waals surface area contributed by atoms with Crippen molar-refractivity contribution in [3.63, 3.8) is 0 Å². The Kier molecular flexibility index (Phi) is 7.54. The van der Waals surface area contributed by atoms with E-state index in [1.54, 1.807) is 49.6 Å². The smallest absolute Gasteiger partial charge is 0.408 e. The first-order chi connectivity index (χ1) is 14.7. The number of benzene rings is 1. The van der Waals surface area contributed by atoms with Crippen LogP contribution in [0.25, 0.3) is 11.3 Å². The zero-order chi connectivity index (χ0) is 22.6. The van der Waals surface area contributed by atoms with Crippen molar-refractivity contribution in [1.29, 1.82) is 0 Å². The van der Waals surface area contributed by atoms with Crippen LogP contribution in [0.4, 0.5) is 4.79 Å². The van der Waals surface area contributed by atoms with Crippen molar-refractivity contribution in [2.24, 2.45) is 0 Å². The third-order valence-electron chi connectivity index (χ3n) is 4.85. The van der Waals surface area contributed by atoms with Crippen LogP contribution in [0.15, 0.2) is 28.8 Å². The summed E-state index contributed by atoms with van der Waals surface area (Å²) in [5.74, 6) is 1.26. The molecule has 0 spiro atoms. The van der Waals surface area contributed by atoms with Crippen LogP contribution in [0.3, 0.4) is 0 Å². The summed E-state index contributed by atoms with van der Waals surface area (Å²) in [7, 11) is 0. The van der Waals surface area contributed by atoms with Gasteiger partial charge in [-0.2, -0.15) is 11.8 Å². The Morgan fingerprint density at radius 1 is 1.32 bits per heavy atom. The number of carbonyl (C=O) groups excluding carboxylic acids is 2. The van der Waals surface area contributed by atoms with E-state index in [0.717, 1.165) is 22.6 Å². The Morgan fingerprint density at radius 2 is 2.03 bits per heavy atom. The van der Waals surface area contributed by atoms with Gasteiger partial charge in [-0.1, -0.05) is 16.8 Å². The van der Waals surface area contributed by atoms with Crippen LogP contribution in [0.2, 0.25) is 5.02 Å². The Hall–Kier alpha value is -2.19. The van der Waals surface area contributed by atoms with Gasteiger partial charge in [0, 0.05) is 29.1 Å². The largest absolute Gasteiger partial charge is 0.444 e. The minimum Gasteiger partial charge on any atom is -0.444 e. The summed E-state index contributed by atoms with van der Waals surface area (Å²) in [4.78, 5) is 27.4. The van der Waals surface area contributed by atoms with Crippen LogP contribution < -0.4 is 5.32 Å². The molecule has 1 aliphatic rings. The molecule has 0 saturated carbocycles.